The van der Waals surface area contributed by atoms with Crippen LogP contribution in [0.15, 0.2) is 36.4 Å². The standard InChI is InChI=1S/C25H34Cl2N2O3/c26-21-15-20(16-22(27)25(21)28)23(30)17-29-14-8-2-1-3-9-18-10-4-5-11-19(18)12-6-7-13-24(31)32/h4-5,10-11,15-16,23,29-30H,1-3,6-9,12-14,17,28H2,(H,31,32). The summed E-state index contributed by atoms with van der Waals surface area (Å²) in [6.45, 7) is 1.28. The molecule has 0 fully saturated rings. The number of anilines is 1. The molecular weight excluding hydrogens is 447 g/mol. The second-order valence-corrected chi connectivity index (χ2v) is 8.97. The van der Waals surface area contributed by atoms with Crippen molar-refractivity contribution in [3.05, 3.63) is 63.1 Å². The highest BCUT2D eigenvalue weighted by Crippen LogP contribution is 2.31. The van der Waals surface area contributed by atoms with Crippen molar-refractivity contribution in [2.24, 2.45) is 0 Å². The Balaban J connectivity index is 1.59. The quantitative estimate of drug-likeness (QED) is 0.191. The van der Waals surface area contributed by atoms with E-state index >= 15 is 0 Å². The number of aryl methyl sites for hydroxylation is 2. The first-order valence-corrected chi connectivity index (χ1v) is 12.1. The van der Waals surface area contributed by atoms with Crippen LogP contribution in [0, 0.1) is 0 Å². The summed E-state index contributed by atoms with van der Waals surface area (Å²) in [4.78, 5) is 10.6. The average molecular weight is 481 g/mol. The Bertz CT molecular complexity index is 838. The smallest absolute Gasteiger partial charge is 0.303 e. The molecular formula is C25H34Cl2N2O3. The molecule has 0 radical (unpaired) electrons. The number of rotatable bonds is 15. The molecule has 0 amide bonds. The zero-order valence-electron chi connectivity index (χ0n) is 18.5. The van der Waals surface area contributed by atoms with Gasteiger partial charge in [-0.1, -0.05) is 60.3 Å². The fourth-order valence-electron chi connectivity index (χ4n) is 3.71. The van der Waals surface area contributed by atoms with E-state index in [0.29, 0.717) is 27.8 Å². The molecule has 1 unspecified atom stereocenters. The normalized spacial score (nSPS) is 12.1. The number of hydrogen-bond acceptors (Lipinski definition) is 4. The van der Waals surface area contributed by atoms with E-state index in [-0.39, 0.29) is 6.42 Å². The predicted molar refractivity (Wildman–Crippen MR) is 133 cm³/mol. The van der Waals surface area contributed by atoms with Gasteiger partial charge in [-0.05, 0) is 73.9 Å². The molecule has 0 heterocycles. The van der Waals surface area contributed by atoms with Crippen LogP contribution in [0.2, 0.25) is 10.0 Å². The van der Waals surface area contributed by atoms with Crippen molar-refractivity contribution in [1.29, 1.82) is 0 Å². The molecule has 0 aliphatic rings. The fourth-order valence-corrected chi connectivity index (χ4v) is 4.21. The molecule has 0 aliphatic heterocycles. The Hall–Kier alpha value is -1.79. The van der Waals surface area contributed by atoms with Crippen LogP contribution in [0.5, 0.6) is 0 Å². The molecule has 1 atom stereocenters. The van der Waals surface area contributed by atoms with E-state index < -0.39 is 12.1 Å². The fraction of sp³-hybridized carbons (Fsp3) is 0.480. The van der Waals surface area contributed by atoms with Crippen LogP contribution in [0.1, 0.15) is 67.7 Å². The van der Waals surface area contributed by atoms with Crippen molar-refractivity contribution in [1.82, 2.24) is 5.32 Å². The lowest BCUT2D eigenvalue weighted by Gasteiger charge is -2.14. The lowest BCUT2D eigenvalue weighted by atomic mass is 9.97. The molecule has 2 aromatic rings. The number of aliphatic carboxylic acids is 1. The molecule has 0 saturated carbocycles. The molecule has 5 nitrogen and oxygen atoms in total. The number of aliphatic hydroxyl groups excluding tert-OH is 1. The Morgan fingerprint density at radius 2 is 1.50 bits per heavy atom. The molecule has 0 aliphatic carbocycles. The van der Waals surface area contributed by atoms with Gasteiger partial charge in [0.05, 0.1) is 21.8 Å². The zero-order chi connectivity index (χ0) is 23.3. The van der Waals surface area contributed by atoms with Gasteiger partial charge < -0.3 is 21.3 Å². The van der Waals surface area contributed by atoms with Gasteiger partial charge in [0.1, 0.15) is 0 Å². The third-order valence-corrected chi connectivity index (χ3v) is 6.20. The molecule has 7 heteroatoms. The van der Waals surface area contributed by atoms with E-state index in [2.05, 4.69) is 29.6 Å². The third kappa shape index (κ3) is 9.37. The predicted octanol–water partition coefficient (Wildman–Crippen LogP) is 5.80. The number of aliphatic hydroxyl groups is 1. The minimum absolute atomic E-state index is 0.245. The topological polar surface area (TPSA) is 95.6 Å². The summed E-state index contributed by atoms with van der Waals surface area (Å²) >= 11 is 12.1. The maximum Gasteiger partial charge on any atom is 0.303 e. The SMILES string of the molecule is Nc1c(Cl)cc(C(O)CNCCCCCCc2ccccc2CCCCC(=O)O)cc1Cl. The van der Waals surface area contributed by atoms with Crippen LogP contribution < -0.4 is 11.1 Å². The summed E-state index contributed by atoms with van der Waals surface area (Å²) in [7, 11) is 0. The van der Waals surface area contributed by atoms with E-state index in [1.54, 1.807) is 12.1 Å². The van der Waals surface area contributed by atoms with Gasteiger partial charge in [-0.2, -0.15) is 0 Å². The van der Waals surface area contributed by atoms with Crippen molar-refractivity contribution in [2.45, 2.75) is 63.9 Å². The number of carboxylic acids is 1. The third-order valence-electron chi connectivity index (χ3n) is 5.58. The van der Waals surface area contributed by atoms with Crippen molar-refractivity contribution < 1.29 is 15.0 Å². The first-order valence-electron chi connectivity index (χ1n) is 11.3. The van der Waals surface area contributed by atoms with Gasteiger partial charge in [0.2, 0.25) is 0 Å². The summed E-state index contributed by atoms with van der Waals surface area (Å²) in [5, 5.41) is 23.1. The number of nitrogens with one attached hydrogen (secondary N) is 1. The molecule has 176 valence electrons. The number of nitrogen functional groups attached to an aromatic ring is 1. The maximum absolute atomic E-state index is 10.6. The summed E-state index contributed by atoms with van der Waals surface area (Å²) in [5.41, 5.74) is 9.44. The molecule has 0 aromatic heterocycles. The van der Waals surface area contributed by atoms with Crippen LogP contribution in [-0.2, 0) is 17.6 Å². The van der Waals surface area contributed by atoms with E-state index in [1.807, 2.05) is 0 Å². The molecule has 0 spiro atoms. The van der Waals surface area contributed by atoms with Crippen molar-refractivity contribution in [2.75, 3.05) is 18.8 Å². The minimum Gasteiger partial charge on any atom is -0.481 e. The molecule has 5 N–H and O–H groups in total. The lowest BCUT2D eigenvalue weighted by Crippen LogP contribution is -2.22. The monoisotopic (exact) mass is 480 g/mol. The second-order valence-electron chi connectivity index (χ2n) is 8.15. The highest BCUT2D eigenvalue weighted by Gasteiger charge is 2.12. The van der Waals surface area contributed by atoms with Gasteiger partial charge >= 0.3 is 5.97 Å². The summed E-state index contributed by atoms with van der Waals surface area (Å²) in [6.07, 6.45) is 7.67. The number of nitrogens with two attached hydrogens (primary N) is 1. The molecule has 0 saturated heterocycles. The van der Waals surface area contributed by atoms with E-state index in [0.717, 1.165) is 57.9 Å². The first kappa shape index (κ1) is 26.5. The second kappa shape index (κ2) is 14.4. The molecule has 2 rings (SSSR count). The minimum atomic E-state index is -0.721. The Morgan fingerprint density at radius 3 is 2.09 bits per heavy atom. The number of hydrogen-bond donors (Lipinski definition) is 4. The largest absolute Gasteiger partial charge is 0.481 e. The van der Waals surface area contributed by atoms with E-state index in [1.165, 1.54) is 11.1 Å². The molecule has 0 bridgehead atoms. The van der Waals surface area contributed by atoms with E-state index in [4.69, 9.17) is 34.0 Å². The van der Waals surface area contributed by atoms with Crippen molar-refractivity contribution in [3.8, 4) is 0 Å². The van der Waals surface area contributed by atoms with Crippen LogP contribution in [0.4, 0.5) is 5.69 Å². The van der Waals surface area contributed by atoms with Gasteiger partial charge in [0.25, 0.3) is 0 Å². The van der Waals surface area contributed by atoms with E-state index in [9.17, 15) is 9.90 Å². The number of benzene rings is 2. The molecule has 2 aromatic carbocycles. The number of halogens is 2. The number of carbonyl (C=O) groups is 1. The van der Waals surface area contributed by atoms with Gasteiger partial charge in [-0.3, -0.25) is 4.79 Å². The van der Waals surface area contributed by atoms with Gasteiger partial charge in [0.15, 0.2) is 0 Å². The average Bonchev–Trinajstić information content (AvgIpc) is 2.77. The van der Waals surface area contributed by atoms with Crippen molar-refractivity contribution >= 4 is 34.9 Å². The van der Waals surface area contributed by atoms with Crippen LogP contribution in [-0.4, -0.2) is 29.3 Å². The maximum atomic E-state index is 10.6. The van der Waals surface area contributed by atoms with Gasteiger partial charge in [0, 0.05) is 13.0 Å². The Kier molecular flexibility index (Phi) is 11.9. The summed E-state index contributed by atoms with van der Waals surface area (Å²) < 4.78 is 0. The van der Waals surface area contributed by atoms with Crippen LogP contribution >= 0.6 is 23.2 Å². The van der Waals surface area contributed by atoms with Gasteiger partial charge in [-0.15, -0.1) is 0 Å². The highest BCUT2D eigenvalue weighted by atomic mass is 35.5. The Morgan fingerprint density at radius 1 is 0.938 bits per heavy atom. The lowest BCUT2D eigenvalue weighted by molar-refractivity contribution is -0.137. The number of carboxylic acid groups (broad SMARTS) is 1. The summed E-state index contributed by atoms with van der Waals surface area (Å²) in [5.74, 6) is -0.721. The first-order chi connectivity index (χ1) is 15.4. The van der Waals surface area contributed by atoms with Crippen molar-refractivity contribution in [3.63, 3.8) is 0 Å². The molecule has 32 heavy (non-hydrogen) atoms. The van der Waals surface area contributed by atoms with Gasteiger partial charge in [-0.25, -0.2) is 0 Å². The Labute approximate surface area is 200 Å². The summed E-state index contributed by atoms with van der Waals surface area (Å²) in [6, 6.07) is 11.8. The highest BCUT2D eigenvalue weighted by molar-refractivity contribution is 6.38. The number of unbranched alkanes of at least 4 members (excludes halogenated alkanes) is 4. The van der Waals surface area contributed by atoms with Crippen LogP contribution in [0.3, 0.4) is 0 Å². The zero-order valence-corrected chi connectivity index (χ0v) is 20.0. The van der Waals surface area contributed by atoms with Crippen LogP contribution in [0.25, 0.3) is 0 Å².